The van der Waals surface area contributed by atoms with Crippen LogP contribution in [0.3, 0.4) is 0 Å². The summed E-state index contributed by atoms with van der Waals surface area (Å²) in [6.45, 7) is 8.09. The first-order valence-electron chi connectivity index (χ1n) is 13.2. The van der Waals surface area contributed by atoms with Gasteiger partial charge in [0.25, 0.3) is 0 Å². The molecule has 0 bridgehead atoms. The number of benzene rings is 2. The Hall–Kier alpha value is -2.73. The molecule has 35 heavy (non-hydrogen) atoms. The number of anilines is 1. The molecule has 192 valence electrons. The molecule has 6 nitrogen and oxygen atoms in total. The standard InChI is InChI=1S/C29H42N2O4/c1-3-4-5-6-7-12-23-34-27-16-10-8-14-25(27)29(32)35-24-13-18-30-19-21-31(22-20-30)26-15-9-11-17-28(26)33-2/h8-11,14-17H,3-7,12-13,18-24H2,1-2H3. The topological polar surface area (TPSA) is 51.2 Å². The average molecular weight is 483 g/mol. The smallest absolute Gasteiger partial charge is 0.341 e. The minimum Gasteiger partial charge on any atom is -0.495 e. The van der Waals surface area contributed by atoms with Gasteiger partial charge in [-0.25, -0.2) is 4.79 Å². The molecule has 2 aromatic carbocycles. The quantitative estimate of drug-likeness (QED) is 0.236. The largest absolute Gasteiger partial charge is 0.495 e. The van der Waals surface area contributed by atoms with Crippen LogP contribution in [0.25, 0.3) is 0 Å². The SMILES string of the molecule is CCCCCCCCOc1ccccc1C(=O)OCCCN1CCN(c2ccccc2OC)CC1. The summed E-state index contributed by atoms with van der Waals surface area (Å²) >= 11 is 0. The molecule has 1 aliphatic rings. The first-order chi connectivity index (χ1) is 17.2. The van der Waals surface area contributed by atoms with Crippen molar-refractivity contribution in [3.05, 3.63) is 54.1 Å². The van der Waals surface area contributed by atoms with Crippen LogP contribution in [0.4, 0.5) is 5.69 Å². The lowest BCUT2D eigenvalue weighted by Crippen LogP contribution is -2.46. The number of para-hydroxylation sites is 3. The third-order valence-corrected chi connectivity index (χ3v) is 6.51. The molecule has 0 unspecified atom stereocenters. The van der Waals surface area contributed by atoms with Crippen molar-refractivity contribution in [1.82, 2.24) is 4.90 Å². The Balaban J connectivity index is 1.34. The molecule has 0 saturated carbocycles. The van der Waals surface area contributed by atoms with Crippen LogP contribution in [0.15, 0.2) is 48.5 Å². The average Bonchev–Trinajstić information content (AvgIpc) is 2.91. The molecule has 0 spiro atoms. The summed E-state index contributed by atoms with van der Waals surface area (Å²) in [7, 11) is 1.72. The molecule has 0 aromatic heterocycles. The minimum atomic E-state index is -0.301. The highest BCUT2D eigenvalue weighted by molar-refractivity contribution is 5.92. The van der Waals surface area contributed by atoms with Gasteiger partial charge in [-0.3, -0.25) is 4.90 Å². The van der Waals surface area contributed by atoms with Gasteiger partial charge < -0.3 is 19.1 Å². The summed E-state index contributed by atoms with van der Waals surface area (Å²) in [5.74, 6) is 1.24. The van der Waals surface area contributed by atoms with Crippen LogP contribution >= 0.6 is 0 Å². The molecule has 0 aliphatic carbocycles. The van der Waals surface area contributed by atoms with Gasteiger partial charge in [0.2, 0.25) is 0 Å². The predicted octanol–water partition coefficient (Wildman–Crippen LogP) is 5.80. The molecule has 1 fully saturated rings. The molecule has 0 radical (unpaired) electrons. The van der Waals surface area contributed by atoms with Crippen molar-refractivity contribution < 1.29 is 19.0 Å². The number of carbonyl (C=O) groups excluding carboxylic acids is 1. The monoisotopic (exact) mass is 482 g/mol. The van der Waals surface area contributed by atoms with E-state index in [1.807, 2.05) is 30.3 Å². The summed E-state index contributed by atoms with van der Waals surface area (Å²) < 4.78 is 17.0. The second kappa shape index (κ2) is 15.3. The number of rotatable bonds is 15. The number of carbonyl (C=O) groups is 1. The van der Waals surface area contributed by atoms with Crippen LogP contribution in [0, 0.1) is 0 Å². The number of hydrogen-bond acceptors (Lipinski definition) is 6. The van der Waals surface area contributed by atoms with Crippen molar-refractivity contribution in [2.24, 2.45) is 0 Å². The van der Waals surface area contributed by atoms with Gasteiger partial charge in [-0.1, -0.05) is 63.3 Å². The summed E-state index contributed by atoms with van der Waals surface area (Å²) in [4.78, 5) is 17.5. The Morgan fingerprint density at radius 1 is 0.800 bits per heavy atom. The number of hydrogen-bond donors (Lipinski definition) is 0. The Kier molecular flexibility index (Phi) is 11.7. The van der Waals surface area contributed by atoms with E-state index in [1.165, 1.54) is 32.1 Å². The number of nitrogens with zero attached hydrogens (tertiary/aromatic N) is 2. The molecule has 1 aliphatic heterocycles. The fourth-order valence-electron chi connectivity index (χ4n) is 4.46. The molecule has 0 atom stereocenters. The zero-order chi connectivity index (χ0) is 24.7. The zero-order valence-electron chi connectivity index (χ0n) is 21.5. The van der Waals surface area contributed by atoms with Crippen molar-refractivity contribution in [2.75, 3.05) is 57.9 Å². The highest BCUT2D eigenvalue weighted by Gasteiger charge is 2.19. The van der Waals surface area contributed by atoms with Crippen molar-refractivity contribution >= 4 is 11.7 Å². The van der Waals surface area contributed by atoms with Crippen molar-refractivity contribution in [1.29, 1.82) is 0 Å². The van der Waals surface area contributed by atoms with E-state index in [0.717, 1.165) is 57.0 Å². The van der Waals surface area contributed by atoms with Crippen molar-refractivity contribution in [2.45, 2.75) is 51.9 Å². The Morgan fingerprint density at radius 3 is 2.26 bits per heavy atom. The fraction of sp³-hybridized carbons (Fsp3) is 0.552. The van der Waals surface area contributed by atoms with Crippen LogP contribution in [0.2, 0.25) is 0 Å². The molecule has 0 amide bonds. The van der Waals surface area contributed by atoms with Crippen LogP contribution in [0.5, 0.6) is 11.5 Å². The van der Waals surface area contributed by atoms with Gasteiger partial charge in [0.15, 0.2) is 0 Å². The molecule has 0 N–H and O–H groups in total. The molecular formula is C29H42N2O4. The second-order valence-corrected chi connectivity index (χ2v) is 9.10. The summed E-state index contributed by atoms with van der Waals surface area (Å²) in [6.07, 6.45) is 8.09. The first-order valence-corrected chi connectivity index (χ1v) is 13.2. The lowest BCUT2D eigenvalue weighted by molar-refractivity contribution is 0.0482. The number of methoxy groups -OCH3 is 1. The predicted molar refractivity (Wildman–Crippen MR) is 142 cm³/mol. The Morgan fingerprint density at radius 2 is 1.49 bits per heavy atom. The van der Waals surface area contributed by atoms with E-state index in [9.17, 15) is 4.79 Å². The van der Waals surface area contributed by atoms with Gasteiger partial charge in [0.1, 0.15) is 17.1 Å². The Labute approximate surface area is 211 Å². The maximum Gasteiger partial charge on any atom is 0.341 e. The third kappa shape index (κ3) is 8.77. The van der Waals surface area contributed by atoms with E-state index >= 15 is 0 Å². The third-order valence-electron chi connectivity index (χ3n) is 6.51. The molecule has 1 saturated heterocycles. The number of esters is 1. The Bertz CT molecular complexity index is 880. The van der Waals surface area contributed by atoms with Gasteiger partial charge in [-0.15, -0.1) is 0 Å². The number of unbranched alkanes of at least 4 members (excludes halogenated alkanes) is 5. The van der Waals surface area contributed by atoms with Gasteiger partial charge >= 0.3 is 5.97 Å². The second-order valence-electron chi connectivity index (χ2n) is 9.10. The summed E-state index contributed by atoms with van der Waals surface area (Å²) in [5.41, 5.74) is 1.67. The zero-order valence-corrected chi connectivity index (χ0v) is 21.5. The highest BCUT2D eigenvalue weighted by atomic mass is 16.5. The molecule has 6 heteroatoms. The number of piperazine rings is 1. The number of ether oxygens (including phenoxy) is 3. The van der Waals surface area contributed by atoms with E-state index in [0.29, 0.717) is 24.5 Å². The maximum atomic E-state index is 12.6. The first kappa shape index (κ1) is 26.9. The van der Waals surface area contributed by atoms with Crippen molar-refractivity contribution in [3.8, 4) is 11.5 Å². The van der Waals surface area contributed by atoms with E-state index in [-0.39, 0.29) is 5.97 Å². The van der Waals surface area contributed by atoms with E-state index in [1.54, 1.807) is 13.2 Å². The minimum absolute atomic E-state index is 0.301. The lowest BCUT2D eigenvalue weighted by Gasteiger charge is -2.36. The maximum absolute atomic E-state index is 12.6. The van der Waals surface area contributed by atoms with Crippen LogP contribution in [0.1, 0.15) is 62.2 Å². The van der Waals surface area contributed by atoms with Gasteiger partial charge in [0, 0.05) is 32.7 Å². The summed E-state index contributed by atoms with van der Waals surface area (Å²) in [5, 5.41) is 0. The van der Waals surface area contributed by atoms with Gasteiger partial charge in [-0.05, 0) is 37.1 Å². The summed E-state index contributed by atoms with van der Waals surface area (Å²) in [6, 6.07) is 15.6. The normalized spacial score (nSPS) is 14.1. The fourth-order valence-corrected chi connectivity index (χ4v) is 4.46. The van der Waals surface area contributed by atoms with Gasteiger partial charge in [-0.2, -0.15) is 0 Å². The van der Waals surface area contributed by atoms with Crippen LogP contribution < -0.4 is 14.4 Å². The van der Waals surface area contributed by atoms with Crippen molar-refractivity contribution in [3.63, 3.8) is 0 Å². The molecule has 3 rings (SSSR count). The lowest BCUT2D eigenvalue weighted by atomic mass is 10.1. The molecule has 1 heterocycles. The molecular weight excluding hydrogens is 440 g/mol. The highest BCUT2D eigenvalue weighted by Crippen LogP contribution is 2.28. The van der Waals surface area contributed by atoms with E-state index < -0.39 is 0 Å². The van der Waals surface area contributed by atoms with E-state index in [4.69, 9.17) is 14.2 Å². The van der Waals surface area contributed by atoms with E-state index in [2.05, 4.69) is 28.9 Å². The van der Waals surface area contributed by atoms with Gasteiger partial charge in [0.05, 0.1) is 26.0 Å². The van der Waals surface area contributed by atoms with Crippen LogP contribution in [-0.2, 0) is 4.74 Å². The molecule has 2 aromatic rings. The van der Waals surface area contributed by atoms with Crippen LogP contribution in [-0.4, -0.2) is 63.9 Å².